The highest BCUT2D eigenvalue weighted by Crippen LogP contribution is 2.24. The predicted octanol–water partition coefficient (Wildman–Crippen LogP) is 0.989. The number of pyridine rings is 1. The Labute approximate surface area is 111 Å². The lowest BCUT2D eigenvalue weighted by Crippen LogP contribution is -2.46. The number of carbonyl (C=O) groups is 2. The van der Waals surface area contributed by atoms with Gasteiger partial charge in [0.15, 0.2) is 0 Å². The number of amides is 1. The summed E-state index contributed by atoms with van der Waals surface area (Å²) >= 11 is 0. The van der Waals surface area contributed by atoms with Crippen molar-refractivity contribution >= 4 is 17.6 Å². The molecule has 0 aliphatic carbocycles. The molecule has 0 radical (unpaired) electrons. The number of carboxylic acids is 1. The number of hydrogen-bond acceptors (Lipinski definition) is 4. The molecule has 0 saturated carbocycles. The summed E-state index contributed by atoms with van der Waals surface area (Å²) in [6.07, 6.45) is 2.42. The van der Waals surface area contributed by atoms with E-state index in [1.165, 1.54) is 6.20 Å². The first-order valence-electron chi connectivity index (χ1n) is 6.24. The summed E-state index contributed by atoms with van der Waals surface area (Å²) in [5, 5.41) is 9.00. The second-order valence-corrected chi connectivity index (χ2v) is 4.88. The molecule has 19 heavy (non-hydrogen) atoms. The fourth-order valence-corrected chi connectivity index (χ4v) is 2.38. The van der Waals surface area contributed by atoms with Gasteiger partial charge in [0.05, 0.1) is 17.8 Å². The molecule has 2 heterocycles. The molecule has 1 aromatic heterocycles. The van der Waals surface area contributed by atoms with E-state index < -0.39 is 5.97 Å². The van der Waals surface area contributed by atoms with E-state index in [2.05, 4.69) is 4.98 Å². The lowest BCUT2D eigenvalue weighted by atomic mass is 9.91. The van der Waals surface area contributed by atoms with Gasteiger partial charge in [-0.25, -0.2) is 4.98 Å². The fraction of sp³-hybridized carbons (Fsp3) is 0.462. The van der Waals surface area contributed by atoms with Crippen LogP contribution in [0.2, 0.25) is 0 Å². The number of carbonyl (C=O) groups excluding carboxylic acids is 1. The third-order valence-corrected chi connectivity index (χ3v) is 3.49. The Morgan fingerprint density at radius 2 is 2.21 bits per heavy atom. The number of piperidine rings is 1. The molecule has 1 fully saturated rings. The van der Waals surface area contributed by atoms with Gasteiger partial charge >= 0.3 is 5.97 Å². The molecule has 2 atom stereocenters. The fourth-order valence-electron chi connectivity index (χ4n) is 2.38. The third kappa shape index (κ3) is 2.83. The zero-order valence-electron chi connectivity index (χ0n) is 10.7. The molecule has 0 bridgehead atoms. The molecule has 3 N–H and O–H groups in total. The van der Waals surface area contributed by atoms with Gasteiger partial charge in [0, 0.05) is 12.6 Å². The van der Waals surface area contributed by atoms with E-state index in [0.717, 1.165) is 0 Å². The Kier molecular flexibility index (Phi) is 3.69. The zero-order valence-corrected chi connectivity index (χ0v) is 10.7. The molecule has 1 aliphatic rings. The lowest BCUT2D eigenvalue weighted by molar-refractivity contribution is -0.143. The summed E-state index contributed by atoms with van der Waals surface area (Å²) in [6, 6.07) is 3.13. The quantitative estimate of drug-likeness (QED) is 0.829. The average Bonchev–Trinajstić information content (AvgIpc) is 2.38. The van der Waals surface area contributed by atoms with Crippen molar-refractivity contribution < 1.29 is 14.7 Å². The molecule has 1 aromatic rings. The van der Waals surface area contributed by atoms with E-state index in [1.54, 1.807) is 17.0 Å². The van der Waals surface area contributed by atoms with Crippen LogP contribution in [0.3, 0.4) is 0 Å². The number of nitrogens with zero attached hydrogens (tertiary/aromatic N) is 2. The molecule has 6 nitrogen and oxygen atoms in total. The second-order valence-electron chi connectivity index (χ2n) is 4.88. The largest absolute Gasteiger partial charge is 0.481 e. The van der Waals surface area contributed by atoms with Crippen molar-refractivity contribution in [3.05, 3.63) is 24.0 Å². The van der Waals surface area contributed by atoms with Gasteiger partial charge in [-0.3, -0.25) is 9.59 Å². The number of carboxylic acid groups (broad SMARTS) is 1. The standard InChI is InChI=1S/C13H17N3O3/c1-8-6-9(13(18)19)4-5-16(8)12(17)11-3-2-10(14)7-15-11/h2-3,7-9H,4-6,14H2,1H3,(H,18,19). The second kappa shape index (κ2) is 5.26. The van der Waals surface area contributed by atoms with Crippen LogP contribution in [-0.4, -0.2) is 39.5 Å². The topological polar surface area (TPSA) is 96.5 Å². The first-order valence-corrected chi connectivity index (χ1v) is 6.24. The van der Waals surface area contributed by atoms with Gasteiger partial charge in [-0.2, -0.15) is 0 Å². The van der Waals surface area contributed by atoms with Crippen LogP contribution in [0.1, 0.15) is 30.3 Å². The summed E-state index contributed by atoms with van der Waals surface area (Å²) in [6.45, 7) is 2.31. The Morgan fingerprint density at radius 1 is 1.47 bits per heavy atom. The molecule has 0 aromatic carbocycles. The van der Waals surface area contributed by atoms with E-state index in [0.29, 0.717) is 30.8 Å². The van der Waals surface area contributed by atoms with Crippen molar-refractivity contribution in [3.8, 4) is 0 Å². The summed E-state index contributed by atoms with van der Waals surface area (Å²) < 4.78 is 0. The van der Waals surface area contributed by atoms with Crippen LogP contribution in [0, 0.1) is 5.92 Å². The Balaban J connectivity index is 2.08. The van der Waals surface area contributed by atoms with Gasteiger partial charge in [-0.05, 0) is 31.9 Å². The van der Waals surface area contributed by atoms with Crippen LogP contribution in [0.25, 0.3) is 0 Å². The van der Waals surface area contributed by atoms with Gasteiger partial charge in [-0.1, -0.05) is 0 Å². The Bertz CT molecular complexity index is 486. The highest BCUT2D eigenvalue weighted by atomic mass is 16.4. The average molecular weight is 263 g/mol. The molecule has 6 heteroatoms. The minimum absolute atomic E-state index is 0.0956. The number of rotatable bonds is 2. The van der Waals surface area contributed by atoms with E-state index >= 15 is 0 Å². The van der Waals surface area contributed by atoms with Gasteiger partial charge in [-0.15, -0.1) is 0 Å². The molecule has 1 saturated heterocycles. The van der Waals surface area contributed by atoms with Gasteiger partial charge in [0.2, 0.25) is 0 Å². The number of aliphatic carboxylic acids is 1. The van der Waals surface area contributed by atoms with E-state index in [1.807, 2.05) is 6.92 Å². The van der Waals surface area contributed by atoms with Crippen LogP contribution in [0.5, 0.6) is 0 Å². The molecule has 1 amide bonds. The zero-order chi connectivity index (χ0) is 14.0. The van der Waals surface area contributed by atoms with E-state index in [9.17, 15) is 9.59 Å². The van der Waals surface area contributed by atoms with Crippen LogP contribution in [0.15, 0.2) is 18.3 Å². The first kappa shape index (κ1) is 13.3. The summed E-state index contributed by atoms with van der Waals surface area (Å²) in [4.78, 5) is 28.9. The molecule has 2 rings (SSSR count). The van der Waals surface area contributed by atoms with Gasteiger partial charge in [0.25, 0.3) is 5.91 Å². The van der Waals surface area contributed by atoms with Gasteiger partial charge in [0.1, 0.15) is 5.69 Å². The first-order chi connectivity index (χ1) is 8.99. The highest BCUT2D eigenvalue weighted by molar-refractivity contribution is 5.92. The smallest absolute Gasteiger partial charge is 0.306 e. The Hall–Kier alpha value is -2.11. The molecular weight excluding hydrogens is 246 g/mol. The van der Waals surface area contributed by atoms with Crippen molar-refractivity contribution in [2.45, 2.75) is 25.8 Å². The van der Waals surface area contributed by atoms with Crippen molar-refractivity contribution in [2.75, 3.05) is 12.3 Å². The van der Waals surface area contributed by atoms with Gasteiger partial charge < -0.3 is 15.7 Å². The van der Waals surface area contributed by atoms with E-state index in [4.69, 9.17) is 10.8 Å². The summed E-state index contributed by atoms with van der Waals surface area (Å²) in [5.41, 5.74) is 6.38. The van der Waals surface area contributed by atoms with Crippen molar-refractivity contribution in [3.63, 3.8) is 0 Å². The number of nitrogens with two attached hydrogens (primary N) is 1. The minimum atomic E-state index is -0.787. The maximum atomic E-state index is 12.3. The number of likely N-dealkylation sites (tertiary alicyclic amines) is 1. The van der Waals surface area contributed by atoms with Crippen LogP contribution >= 0.6 is 0 Å². The summed E-state index contributed by atoms with van der Waals surface area (Å²) in [5.74, 6) is -1.32. The number of aromatic nitrogens is 1. The van der Waals surface area contributed by atoms with Crippen LogP contribution in [-0.2, 0) is 4.79 Å². The minimum Gasteiger partial charge on any atom is -0.481 e. The Morgan fingerprint density at radius 3 is 2.74 bits per heavy atom. The number of hydrogen-bond donors (Lipinski definition) is 2. The lowest BCUT2D eigenvalue weighted by Gasteiger charge is -2.36. The predicted molar refractivity (Wildman–Crippen MR) is 69.5 cm³/mol. The normalized spacial score (nSPS) is 23.1. The molecule has 1 aliphatic heterocycles. The SMILES string of the molecule is CC1CC(C(=O)O)CCN1C(=O)c1ccc(N)cn1. The van der Waals surface area contributed by atoms with E-state index in [-0.39, 0.29) is 17.9 Å². The number of nitrogen functional groups attached to an aromatic ring is 1. The maximum absolute atomic E-state index is 12.3. The molecule has 0 spiro atoms. The third-order valence-electron chi connectivity index (χ3n) is 3.49. The maximum Gasteiger partial charge on any atom is 0.306 e. The molecular formula is C13H17N3O3. The molecule has 102 valence electrons. The van der Waals surface area contributed by atoms with Crippen LogP contribution in [0.4, 0.5) is 5.69 Å². The summed E-state index contributed by atoms with van der Waals surface area (Å²) in [7, 11) is 0. The monoisotopic (exact) mass is 263 g/mol. The molecule has 2 unspecified atom stereocenters. The van der Waals surface area contributed by atoms with Crippen LogP contribution < -0.4 is 5.73 Å². The van der Waals surface area contributed by atoms with Crippen molar-refractivity contribution in [1.29, 1.82) is 0 Å². The highest BCUT2D eigenvalue weighted by Gasteiger charge is 2.32. The van der Waals surface area contributed by atoms with Crippen molar-refractivity contribution in [2.24, 2.45) is 5.92 Å². The van der Waals surface area contributed by atoms with Crippen molar-refractivity contribution in [1.82, 2.24) is 9.88 Å². The number of anilines is 1.